The van der Waals surface area contributed by atoms with Crippen molar-refractivity contribution in [2.24, 2.45) is 0 Å². The number of carboxylic acid groups (broad SMARTS) is 1. The molecule has 2 heterocycles. The monoisotopic (exact) mass is 236 g/mol. The molecule has 2 rings (SSSR count). The van der Waals surface area contributed by atoms with Crippen LogP contribution in [-0.2, 0) is 13.1 Å². The average molecular weight is 236 g/mol. The maximum atomic E-state index is 10.8. The third-order valence-corrected chi connectivity index (χ3v) is 2.20. The molecular formula is C11H12N2O4. The van der Waals surface area contributed by atoms with E-state index in [0.29, 0.717) is 24.5 Å². The first-order chi connectivity index (χ1) is 8.16. The maximum absolute atomic E-state index is 10.8. The van der Waals surface area contributed by atoms with E-state index in [0.717, 1.165) is 5.76 Å². The highest BCUT2D eigenvalue weighted by Gasteiger charge is 2.13. The average Bonchev–Trinajstić information content (AvgIpc) is 2.87. The van der Waals surface area contributed by atoms with Crippen LogP contribution in [0, 0.1) is 6.92 Å². The third kappa shape index (κ3) is 2.73. The third-order valence-electron chi connectivity index (χ3n) is 2.20. The summed E-state index contributed by atoms with van der Waals surface area (Å²) in [5.41, 5.74) is 0.598. The zero-order valence-corrected chi connectivity index (χ0v) is 9.27. The summed E-state index contributed by atoms with van der Waals surface area (Å²) in [5.74, 6) is 0.207. The predicted octanol–water partition coefficient (Wildman–Crippen LogP) is 1.56. The van der Waals surface area contributed by atoms with Crippen molar-refractivity contribution in [3.8, 4) is 0 Å². The highest BCUT2D eigenvalue weighted by molar-refractivity contribution is 5.86. The highest BCUT2D eigenvalue weighted by atomic mass is 16.4. The van der Waals surface area contributed by atoms with Crippen molar-refractivity contribution in [1.29, 1.82) is 0 Å². The molecule has 0 saturated carbocycles. The Bertz CT molecular complexity index is 515. The summed E-state index contributed by atoms with van der Waals surface area (Å²) < 4.78 is 10.1. The number of furan rings is 1. The van der Waals surface area contributed by atoms with Crippen LogP contribution in [0.5, 0.6) is 0 Å². The molecule has 0 atom stereocenters. The van der Waals surface area contributed by atoms with Gasteiger partial charge in [0.2, 0.25) is 11.7 Å². The quantitative estimate of drug-likeness (QED) is 0.819. The van der Waals surface area contributed by atoms with Gasteiger partial charge in [-0.15, -0.1) is 0 Å². The SMILES string of the molecule is Cc1cnc(CNCc2ccoc2C(=O)O)o1. The first-order valence-electron chi connectivity index (χ1n) is 5.08. The van der Waals surface area contributed by atoms with E-state index in [1.165, 1.54) is 6.26 Å². The Kier molecular flexibility index (Phi) is 3.24. The zero-order chi connectivity index (χ0) is 12.3. The number of carbonyl (C=O) groups is 1. The van der Waals surface area contributed by atoms with E-state index in [1.54, 1.807) is 12.3 Å². The van der Waals surface area contributed by atoms with Crippen LogP contribution in [0.1, 0.15) is 27.8 Å². The number of hydrogen-bond donors (Lipinski definition) is 2. The van der Waals surface area contributed by atoms with Gasteiger partial charge in [0.25, 0.3) is 0 Å². The summed E-state index contributed by atoms with van der Waals surface area (Å²) in [6, 6.07) is 1.62. The minimum Gasteiger partial charge on any atom is -0.475 e. The van der Waals surface area contributed by atoms with E-state index in [2.05, 4.69) is 10.3 Å². The van der Waals surface area contributed by atoms with Crippen LogP contribution in [-0.4, -0.2) is 16.1 Å². The molecule has 0 aromatic carbocycles. The molecule has 2 aromatic heterocycles. The number of nitrogens with one attached hydrogen (secondary N) is 1. The van der Waals surface area contributed by atoms with Crippen LogP contribution in [0.25, 0.3) is 0 Å². The number of carboxylic acids is 1. The molecule has 2 N–H and O–H groups in total. The lowest BCUT2D eigenvalue weighted by Gasteiger charge is -2.00. The van der Waals surface area contributed by atoms with Gasteiger partial charge >= 0.3 is 5.97 Å². The van der Waals surface area contributed by atoms with E-state index in [-0.39, 0.29) is 5.76 Å². The number of nitrogens with zero attached hydrogens (tertiary/aromatic N) is 1. The van der Waals surface area contributed by atoms with Crippen molar-refractivity contribution < 1.29 is 18.7 Å². The van der Waals surface area contributed by atoms with Crippen molar-refractivity contribution in [3.63, 3.8) is 0 Å². The largest absolute Gasteiger partial charge is 0.475 e. The number of oxazole rings is 1. The Morgan fingerprint density at radius 2 is 2.35 bits per heavy atom. The Morgan fingerprint density at radius 3 is 3.00 bits per heavy atom. The summed E-state index contributed by atoms with van der Waals surface area (Å²) in [6.45, 7) is 2.65. The van der Waals surface area contributed by atoms with Crippen molar-refractivity contribution >= 4 is 5.97 Å². The lowest BCUT2D eigenvalue weighted by molar-refractivity contribution is 0.0660. The number of aryl methyl sites for hydroxylation is 1. The van der Waals surface area contributed by atoms with Crippen LogP contribution >= 0.6 is 0 Å². The molecule has 6 nitrogen and oxygen atoms in total. The first kappa shape index (κ1) is 11.4. The van der Waals surface area contributed by atoms with Crippen LogP contribution in [0.3, 0.4) is 0 Å². The van der Waals surface area contributed by atoms with Crippen LogP contribution in [0.15, 0.2) is 27.4 Å². The molecule has 0 fully saturated rings. The molecule has 0 aliphatic rings. The molecule has 90 valence electrons. The molecule has 0 amide bonds. The number of rotatable bonds is 5. The fourth-order valence-corrected chi connectivity index (χ4v) is 1.45. The van der Waals surface area contributed by atoms with Crippen molar-refractivity contribution in [1.82, 2.24) is 10.3 Å². The normalized spacial score (nSPS) is 10.6. The van der Waals surface area contributed by atoms with Gasteiger partial charge in [-0.05, 0) is 13.0 Å². The minimum absolute atomic E-state index is 0.0407. The molecule has 2 aromatic rings. The minimum atomic E-state index is -1.07. The standard InChI is InChI=1S/C11H12N2O4/c1-7-4-13-9(17-7)6-12-5-8-2-3-16-10(8)11(14)15/h2-4,12H,5-6H2,1H3,(H,14,15). The molecule has 0 spiro atoms. The summed E-state index contributed by atoms with van der Waals surface area (Å²) >= 11 is 0. The molecule has 0 radical (unpaired) electrons. The second-order valence-corrected chi connectivity index (χ2v) is 3.55. The maximum Gasteiger partial charge on any atom is 0.372 e. The van der Waals surface area contributed by atoms with Crippen LogP contribution in [0.2, 0.25) is 0 Å². The van der Waals surface area contributed by atoms with Gasteiger partial charge in [-0.25, -0.2) is 9.78 Å². The summed E-state index contributed by atoms with van der Waals surface area (Å²) in [6.07, 6.45) is 2.99. The second kappa shape index (κ2) is 4.84. The van der Waals surface area contributed by atoms with Gasteiger partial charge in [0, 0.05) is 12.1 Å². The lowest BCUT2D eigenvalue weighted by atomic mass is 10.2. The topological polar surface area (TPSA) is 88.5 Å². The van der Waals surface area contributed by atoms with Gasteiger partial charge in [0.15, 0.2) is 0 Å². The van der Waals surface area contributed by atoms with Crippen LogP contribution < -0.4 is 5.32 Å². The van der Waals surface area contributed by atoms with Crippen LogP contribution in [0.4, 0.5) is 0 Å². The zero-order valence-electron chi connectivity index (χ0n) is 9.27. The Balaban J connectivity index is 1.90. The van der Waals surface area contributed by atoms with Gasteiger partial charge < -0.3 is 19.3 Å². The molecule has 17 heavy (non-hydrogen) atoms. The van der Waals surface area contributed by atoms with Crippen molar-refractivity contribution in [2.75, 3.05) is 0 Å². The Labute approximate surface area is 97.3 Å². The number of hydrogen-bond acceptors (Lipinski definition) is 5. The fraction of sp³-hybridized carbons (Fsp3) is 0.273. The van der Waals surface area contributed by atoms with E-state index in [1.807, 2.05) is 6.92 Å². The fourth-order valence-electron chi connectivity index (χ4n) is 1.45. The van der Waals surface area contributed by atoms with Gasteiger partial charge in [0.05, 0.1) is 19.0 Å². The molecule has 0 aliphatic heterocycles. The smallest absolute Gasteiger partial charge is 0.372 e. The summed E-state index contributed by atoms with van der Waals surface area (Å²) in [7, 11) is 0. The molecular weight excluding hydrogens is 224 g/mol. The highest BCUT2D eigenvalue weighted by Crippen LogP contribution is 2.10. The van der Waals surface area contributed by atoms with Gasteiger partial charge in [-0.2, -0.15) is 0 Å². The number of aromatic nitrogens is 1. The van der Waals surface area contributed by atoms with Crippen molar-refractivity contribution in [2.45, 2.75) is 20.0 Å². The predicted molar refractivity (Wildman–Crippen MR) is 57.5 cm³/mol. The number of aromatic carboxylic acids is 1. The lowest BCUT2D eigenvalue weighted by Crippen LogP contribution is -2.14. The molecule has 0 aliphatic carbocycles. The summed E-state index contributed by atoms with van der Waals surface area (Å²) in [4.78, 5) is 14.8. The second-order valence-electron chi connectivity index (χ2n) is 3.55. The Hall–Kier alpha value is -2.08. The van der Waals surface area contributed by atoms with Gasteiger partial charge in [0.1, 0.15) is 5.76 Å². The van der Waals surface area contributed by atoms with Gasteiger partial charge in [-0.1, -0.05) is 0 Å². The van der Waals surface area contributed by atoms with E-state index >= 15 is 0 Å². The molecule has 0 saturated heterocycles. The summed E-state index contributed by atoms with van der Waals surface area (Å²) in [5, 5.41) is 11.9. The Morgan fingerprint density at radius 1 is 1.53 bits per heavy atom. The van der Waals surface area contributed by atoms with E-state index in [9.17, 15) is 4.79 Å². The molecule has 6 heteroatoms. The molecule has 0 unspecified atom stereocenters. The first-order valence-corrected chi connectivity index (χ1v) is 5.08. The molecule has 0 bridgehead atoms. The van der Waals surface area contributed by atoms with E-state index < -0.39 is 5.97 Å². The van der Waals surface area contributed by atoms with E-state index in [4.69, 9.17) is 13.9 Å². The van der Waals surface area contributed by atoms with Gasteiger partial charge in [-0.3, -0.25) is 0 Å². The van der Waals surface area contributed by atoms with Crippen molar-refractivity contribution in [3.05, 3.63) is 41.5 Å².